The standard InChI is InChI=1S/C15H14BrFN2O/c1-15(14(18)20,19-11-5-3-2-4-6-11)12-9-10(16)7-8-13(12)17/h2-9,19H,1H3,(H2,18,20). The second-order valence-electron chi connectivity index (χ2n) is 4.60. The van der Waals surface area contributed by atoms with E-state index in [-0.39, 0.29) is 5.56 Å². The number of anilines is 1. The first-order valence-electron chi connectivity index (χ1n) is 6.02. The number of hydrogen-bond acceptors (Lipinski definition) is 2. The molecule has 1 amide bonds. The smallest absolute Gasteiger partial charge is 0.247 e. The lowest BCUT2D eigenvalue weighted by Gasteiger charge is -2.29. The zero-order valence-corrected chi connectivity index (χ0v) is 12.4. The highest BCUT2D eigenvalue weighted by molar-refractivity contribution is 9.10. The molecule has 104 valence electrons. The van der Waals surface area contributed by atoms with Gasteiger partial charge in [0.25, 0.3) is 0 Å². The van der Waals surface area contributed by atoms with E-state index in [2.05, 4.69) is 21.2 Å². The van der Waals surface area contributed by atoms with Crippen molar-refractivity contribution in [3.05, 3.63) is 64.4 Å². The molecule has 0 spiro atoms. The van der Waals surface area contributed by atoms with Gasteiger partial charge in [0, 0.05) is 15.7 Å². The van der Waals surface area contributed by atoms with Crippen LogP contribution in [0.3, 0.4) is 0 Å². The molecule has 1 atom stereocenters. The Morgan fingerprint density at radius 1 is 1.25 bits per heavy atom. The first-order valence-corrected chi connectivity index (χ1v) is 6.81. The van der Waals surface area contributed by atoms with Gasteiger partial charge in [0.05, 0.1) is 0 Å². The molecule has 0 aliphatic heterocycles. The minimum Gasteiger partial charge on any atom is -0.368 e. The van der Waals surface area contributed by atoms with Crippen molar-refractivity contribution in [3.63, 3.8) is 0 Å². The number of carbonyl (C=O) groups is 1. The Labute approximate surface area is 125 Å². The van der Waals surface area contributed by atoms with Crippen LogP contribution < -0.4 is 11.1 Å². The molecule has 20 heavy (non-hydrogen) atoms. The Bertz CT molecular complexity index is 633. The summed E-state index contributed by atoms with van der Waals surface area (Å²) in [6.07, 6.45) is 0. The van der Waals surface area contributed by atoms with Crippen molar-refractivity contribution in [2.24, 2.45) is 5.73 Å². The highest BCUT2D eigenvalue weighted by Gasteiger charge is 2.35. The van der Waals surface area contributed by atoms with Crippen LogP contribution in [0.25, 0.3) is 0 Å². The molecule has 0 radical (unpaired) electrons. The van der Waals surface area contributed by atoms with Crippen molar-refractivity contribution >= 4 is 27.5 Å². The molecule has 1 unspecified atom stereocenters. The number of nitrogens with two attached hydrogens (primary N) is 1. The van der Waals surface area contributed by atoms with E-state index in [4.69, 9.17) is 5.73 Å². The lowest BCUT2D eigenvalue weighted by Crippen LogP contribution is -2.45. The van der Waals surface area contributed by atoms with Gasteiger partial charge in [-0.1, -0.05) is 34.1 Å². The average Bonchev–Trinajstić information content (AvgIpc) is 2.42. The lowest BCUT2D eigenvalue weighted by atomic mass is 9.90. The van der Waals surface area contributed by atoms with Crippen molar-refractivity contribution in [3.8, 4) is 0 Å². The fraction of sp³-hybridized carbons (Fsp3) is 0.133. The Morgan fingerprint density at radius 3 is 2.50 bits per heavy atom. The number of primary amides is 1. The van der Waals surface area contributed by atoms with E-state index >= 15 is 0 Å². The quantitative estimate of drug-likeness (QED) is 0.898. The molecule has 0 aromatic heterocycles. The fourth-order valence-electron chi connectivity index (χ4n) is 1.95. The molecule has 0 saturated carbocycles. The van der Waals surface area contributed by atoms with Crippen LogP contribution in [0.4, 0.5) is 10.1 Å². The molecular formula is C15H14BrFN2O. The van der Waals surface area contributed by atoms with Crippen LogP contribution in [0.2, 0.25) is 0 Å². The normalized spacial score (nSPS) is 13.6. The summed E-state index contributed by atoms with van der Waals surface area (Å²) in [6, 6.07) is 13.5. The van der Waals surface area contributed by atoms with Crippen LogP contribution in [-0.2, 0) is 10.3 Å². The maximum absolute atomic E-state index is 14.1. The Hall–Kier alpha value is -1.88. The maximum atomic E-state index is 14.1. The minimum absolute atomic E-state index is 0.197. The summed E-state index contributed by atoms with van der Waals surface area (Å²) < 4.78 is 14.7. The van der Waals surface area contributed by atoms with Crippen molar-refractivity contribution in [1.29, 1.82) is 0 Å². The number of halogens is 2. The number of para-hydroxylation sites is 1. The molecule has 0 fully saturated rings. The zero-order valence-electron chi connectivity index (χ0n) is 10.9. The average molecular weight is 337 g/mol. The van der Waals surface area contributed by atoms with Gasteiger partial charge in [0.1, 0.15) is 11.4 Å². The molecule has 0 aliphatic rings. The summed E-state index contributed by atoms with van der Waals surface area (Å²) in [7, 11) is 0. The molecule has 0 saturated heterocycles. The van der Waals surface area contributed by atoms with Crippen LogP contribution in [0, 0.1) is 5.82 Å². The summed E-state index contributed by atoms with van der Waals surface area (Å²) in [5.41, 5.74) is 5.03. The summed E-state index contributed by atoms with van der Waals surface area (Å²) in [4.78, 5) is 11.9. The molecule has 3 nitrogen and oxygen atoms in total. The third kappa shape index (κ3) is 2.82. The lowest BCUT2D eigenvalue weighted by molar-refractivity contribution is -0.122. The Kier molecular flexibility index (Phi) is 4.09. The predicted molar refractivity (Wildman–Crippen MR) is 80.7 cm³/mol. The van der Waals surface area contributed by atoms with E-state index in [1.54, 1.807) is 31.2 Å². The van der Waals surface area contributed by atoms with E-state index in [1.165, 1.54) is 6.07 Å². The molecule has 0 aliphatic carbocycles. The van der Waals surface area contributed by atoms with Gasteiger partial charge in [-0.2, -0.15) is 0 Å². The monoisotopic (exact) mass is 336 g/mol. The Morgan fingerprint density at radius 2 is 1.90 bits per heavy atom. The van der Waals surface area contributed by atoms with E-state index < -0.39 is 17.3 Å². The summed E-state index contributed by atoms with van der Waals surface area (Å²) in [5, 5.41) is 3.00. The second-order valence-corrected chi connectivity index (χ2v) is 5.52. The van der Waals surface area contributed by atoms with Gasteiger partial charge in [-0.05, 0) is 37.3 Å². The second kappa shape index (κ2) is 5.63. The zero-order chi connectivity index (χ0) is 14.8. The first kappa shape index (κ1) is 14.5. The van der Waals surface area contributed by atoms with Crippen molar-refractivity contribution in [2.75, 3.05) is 5.32 Å². The van der Waals surface area contributed by atoms with Gasteiger partial charge < -0.3 is 11.1 Å². The van der Waals surface area contributed by atoms with Crippen LogP contribution in [-0.4, -0.2) is 5.91 Å². The molecule has 2 aromatic rings. The van der Waals surface area contributed by atoms with E-state index in [9.17, 15) is 9.18 Å². The van der Waals surface area contributed by atoms with Crippen LogP contribution in [0.15, 0.2) is 53.0 Å². The highest BCUT2D eigenvalue weighted by atomic mass is 79.9. The predicted octanol–water partition coefficient (Wildman–Crippen LogP) is 3.40. The number of nitrogens with one attached hydrogen (secondary N) is 1. The molecule has 0 heterocycles. The van der Waals surface area contributed by atoms with Crippen molar-refractivity contribution in [1.82, 2.24) is 0 Å². The minimum atomic E-state index is -1.34. The molecule has 5 heteroatoms. The molecule has 2 aromatic carbocycles. The Balaban J connectivity index is 2.49. The van der Waals surface area contributed by atoms with Crippen LogP contribution >= 0.6 is 15.9 Å². The maximum Gasteiger partial charge on any atom is 0.247 e. The topological polar surface area (TPSA) is 55.1 Å². The van der Waals surface area contributed by atoms with Crippen LogP contribution in [0.5, 0.6) is 0 Å². The number of amides is 1. The molecule has 0 bridgehead atoms. The molecule has 3 N–H and O–H groups in total. The van der Waals surface area contributed by atoms with Crippen LogP contribution in [0.1, 0.15) is 12.5 Å². The highest BCUT2D eigenvalue weighted by Crippen LogP contribution is 2.30. The van der Waals surface area contributed by atoms with Crippen molar-refractivity contribution in [2.45, 2.75) is 12.5 Å². The van der Waals surface area contributed by atoms with E-state index in [0.29, 0.717) is 10.2 Å². The van der Waals surface area contributed by atoms with Gasteiger partial charge in [0.2, 0.25) is 5.91 Å². The number of benzene rings is 2. The SMILES string of the molecule is CC(Nc1ccccc1)(C(N)=O)c1cc(Br)ccc1F. The third-order valence-electron chi connectivity index (χ3n) is 3.13. The van der Waals surface area contributed by atoms with Gasteiger partial charge in [0.15, 0.2) is 0 Å². The summed E-state index contributed by atoms with van der Waals surface area (Å²) in [6.45, 7) is 1.56. The van der Waals surface area contributed by atoms with Gasteiger partial charge in [-0.3, -0.25) is 4.79 Å². The summed E-state index contributed by atoms with van der Waals surface area (Å²) in [5.74, 6) is -1.14. The number of hydrogen-bond donors (Lipinski definition) is 2. The largest absolute Gasteiger partial charge is 0.368 e. The van der Waals surface area contributed by atoms with E-state index in [1.807, 2.05) is 18.2 Å². The fourth-order valence-corrected chi connectivity index (χ4v) is 2.31. The number of carbonyl (C=O) groups excluding carboxylic acids is 1. The first-order chi connectivity index (χ1) is 9.43. The summed E-state index contributed by atoms with van der Waals surface area (Å²) >= 11 is 3.28. The molecule has 2 rings (SSSR count). The van der Waals surface area contributed by atoms with Gasteiger partial charge in [-0.25, -0.2) is 4.39 Å². The van der Waals surface area contributed by atoms with Gasteiger partial charge >= 0.3 is 0 Å². The molecular weight excluding hydrogens is 323 g/mol. The third-order valence-corrected chi connectivity index (χ3v) is 3.62. The number of rotatable bonds is 4. The van der Waals surface area contributed by atoms with Gasteiger partial charge in [-0.15, -0.1) is 0 Å². The van der Waals surface area contributed by atoms with Crippen molar-refractivity contribution < 1.29 is 9.18 Å². The van der Waals surface area contributed by atoms with E-state index in [0.717, 1.165) is 0 Å².